The summed E-state index contributed by atoms with van der Waals surface area (Å²) in [6.07, 6.45) is -0.309. The van der Waals surface area contributed by atoms with Crippen LogP contribution >= 0.6 is 0 Å². The van der Waals surface area contributed by atoms with Crippen LogP contribution in [0.25, 0.3) is 0 Å². The van der Waals surface area contributed by atoms with Crippen molar-refractivity contribution in [2.24, 2.45) is 0 Å². The van der Waals surface area contributed by atoms with Gasteiger partial charge in [-0.2, -0.15) is 0 Å². The van der Waals surface area contributed by atoms with E-state index < -0.39 is 0 Å². The van der Waals surface area contributed by atoms with Crippen molar-refractivity contribution in [2.75, 3.05) is 12.4 Å². The van der Waals surface area contributed by atoms with Crippen molar-refractivity contribution in [3.63, 3.8) is 0 Å². The van der Waals surface area contributed by atoms with E-state index in [2.05, 4.69) is 26.1 Å². The summed E-state index contributed by atoms with van der Waals surface area (Å²) in [6, 6.07) is 11.4. The van der Waals surface area contributed by atoms with Gasteiger partial charge in [0.05, 0.1) is 0 Å². The van der Waals surface area contributed by atoms with E-state index in [1.165, 1.54) is 0 Å². The van der Waals surface area contributed by atoms with E-state index in [-0.39, 0.29) is 6.29 Å². The predicted molar refractivity (Wildman–Crippen MR) is 78.2 cm³/mol. The molecule has 2 aromatic rings. The third-order valence-corrected chi connectivity index (χ3v) is 2.58. The summed E-state index contributed by atoms with van der Waals surface area (Å²) in [6.45, 7) is 3.87. The molecule has 0 fully saturated rings. The lowest BCUT2D eigenvalue weighted by Crippen LogP contribution is -2.48. The molecular weight excluding hydrogens is 254 g/mol. The average Bonchev–Trinajstić information content (AvgIpc) is 2.43. The number of para-hydroxylation sites is 1. The van der Waals surface area contributed by atoms with Gasteiger partial charge in [0.2, 0.25) is 5.95 Å². The van der Waals surface area contributed by atoms with E-state index in [9.17, 15) is 0 Å². The molecule has 0 aliphatic carbocycles. The second kappa shape index (κ2) is 6.83. The average molecular weight is 273 g/mol. The van der Waals surface area contributed by atoms with E-state index in [0.29, 0.717) is 5.95 Å². The molecule has 6 nitrogen and oxygen atoms in total. The fraction of sp³-hybridized carbons (Fsp3) is 0.286. The standard InChI is InChI=1S/C14H19N5O/c1-10-9-11(2)17-14(16-10)18-13(15-3)19-20-12-7-5-4-6-8-12/h4-9,13,15,19H,1-3H3,(H,16,17,18). The van der Waals surface area contributed by atoms with Crippen LogP contribution in [0.2, 0.25) is 0 Å². The molecule has 20 heavy (non-hydrogen) atoms. The summed E-state index contributed by atoms with van der Waals surface area (Å²) in [5.41, 5.74) is 4.70. The van der Waals surface area contributed by atoms with Crippen LogP contribution in [-0.2, 0) is 0 Å². The SMILES string of the molecule is CNC(NOc1ccccc1)Nc1nc(C)cc(C)n1. The highest BCUT2D eigenvalue weighted by Gasteiger charge is 2.08. The Kier molecular flexibility index (Phi) is 4.86. The van der Waals surface area contributed by atoms with Crippen LogP contribution < -0.4 is 21.0 Å². The molecule has 0 spiro atoms. The Morgan fingerprint density at radius 1 is 1.05 bits per heavy atom. The lowest BCUT2D eigenvalue weighted by Gasteiger charge is -2.19. The first kappa shape index (κ1) is 14.2. The Morgan fingerprint density at radius 3 is 2.30 bits per heavy atom. The summed E-state index contributed by atoms with van der Waals surface area (Å²) < 4.78 is 0. The zero-order valence-electron chi connectivity index (χ0n) is 11.8. The van der Waals surface area contributed by atoms with Crippen LogP contribution in [0.1, 0.15) is 11.4 Å². The largest absolute Gasteiger partial charge is 0.405 e. The molecule has 1 unspecified atom stereocenters. The Bertz CT molecular complexity index is 526. The molecule has 3 N–H and O–H groups in total. The van der Waals surface area contributed by atoms with Crippen LogP contribution in [-0.4, -0.2) is 23.3 Å². The number of aromatic nitrogens is 2. The lowest BCUT2D eigenvalue weighted by atomic mass is 10.3. The number of rotatable bonds is 6. The van der Waals surface area contributed by atoms with Gasteiger partial charge in [0.15, 0.2) is 6.29 Å². The highest BCUT2D eigenvalue weighted by atomic mass is 16.7. The fourth-order valence-corrected chi connectivity index (χ4v) is 1.70. The second-order valence-electron chi connectivity index (χ2n) is 4.37. The molecule has 1 aromatic heterocycles. The molecule has 6 heteroatoms. The van der Waals surface area contributed by atoms with Crippen LogP contribution in [0.4, 0.5) is 5.95 Å². The molecule has 0 aliphatic rings. The minimum atomic E-state index is -0.309. The number of aryl methyl sites for hydroxylation is 2. The number of hydrogen-bond donors (Lipinski definition) is 3. The maximum atomic E-state index is 5.46. The molecule has 0 saturated carbocycles. The molecule has 2 rings (SSSR count). The quantitative estimate of drug-likeness (QED) is 0.548. The van der Waals surface area contributed by atoms with Crippen molar-refractivity contribution < 1.29 is 4.84 Å². The van der Waals surface area contributed by atoms with Crippen molar-refractivity contribution in [3.8, 4) is 5.75 Å². The van der Waals surface area contributed by atoms with E-state index in [1.54, 1.807) is 0 Å². The maximum absolute atomic E-state index is 5.46. The normalized spacial score (nSPS) is 11.9. The number of nitrogens with one attached hydrogen (secondary N) is 3. The van der Waals surface area contributed by atoms with Crippen LogP contribution in [0, 0.1) is 13.8 Å². The number of hydroxylamine groups is 1. The number of anilines is 1. The summed E-state index contributed by atoms with van der Waals surface area (Å²) in [5.74, 6) is 1.28. The number of nitrogens with zero attached hydrogens (tertiary/aromatic N) is 2. The van der Waals surface area contributed by atoms with Gasteiger partial charge >= 0.3 is 0 Å². The first-order valence-electron chi connectivity index (χ1n) is 6.41. The van der Waals surface area contributed by atoms with Gasteiger partial charge in [-0.15, -0.1) is 5.48 Å². The van der Waals surface area contributed by atoms with Crippen LogP contribution in [0.3, 0.4) is 0 Å². The minimum absolute atomic E-state index is 0.309. The summed E-state index contributed by atoms with van der Waals surface area (Å²) >= 11 is 0. The molecule has 1 atom stereocenters. The first-order valence-corrected chi connectivity index (χ1v) is 6.41. The van der Waals surface area contributed by atoms with Gasteiger partial charge in [0, 0.05) is 11.4 Å². The zero-order valence-corrected chi connectivity index (χ0v) is 11.8. The minimum Gasteiger partial charge on any atom is -0.405 e. The smallest absolute Gasteiger partial charge is 0.225 e. The Morgan fingerprint density at radius 2 is 1.70 bits per heavy atom. The molecule has 106 valence electrons. The molecule has 0 bridgehead atoms. The first-order chi connectivity index (χ1) is 9.67. The van der Waals surface area contributed by atoms with E-state index in [4.69, 9.17) is 4.84 Å². The number of hydrogen-bond acceptors (Lipinski definition) is 6. The van der Waals surface area contributed by atoms with Gasteiger partial charge in [-0.1, -0.05) is 18.2 Å². The highest BCUT2D eigenvalue weighted by molar-refractivity contribution is 5.28. The van der Waals surface area contributed by atoms with Crippen LogP contribution in [0.5, 0.6) is 5.75 Å². The van der Waals surface area contributed by atoms with Gasteiger partial charge in [-0.25, -0.2) is 9.97 Å². The summed E-state index contributed by atoms with van der Waals surface area (Å²) in [5, 5.41) is 6.14. The summed E-state index contributed by atoms with van der Waals surface area (Å²) in [4.78, 5) is 14.1. The van der Waals surface area contributed by atoms with Gasteiger partial charge in [-0.3, -0.25) is 5.32 Å². The van der Waals surface area contributed by atoms with Crippen molar-refractivity contribution in [2.45, 2.75) is 20.1 Å². The van der Waals surface area contributed by atoms with Gasteiger partial charge in [-0.05, 0) is 39.1 Å². The Balaban J connectivity index is 1.95. The van der Waals surface area contributed by atoms with E-state index in [1.807, 2.05) is 57.3 Å². The van der Waals surface area contributed by atoms with Crippen molar-refractivity contribution in [1.82, 2.24) is 20.8 Å². The topological polar surface area (TPSA) is 71.1 Å². The second-order valence-corrected chi connectivity index (χ2v) is 4.37. The molecule has 0 amide bonds. The van der Waals surface area contributed by atoms with E-state index in [0.717, 1.165) is 17.1 Å². The monoisotopic (exact) mass is 273 g/mol. The van der Waals surface area contributed by atoms with Gasteiger partial charge in [0.1, 0.15) is 5.75 Å². The molecule has 1 heterocycles. The van der Waals surface area contributed by atoms with E-state index >= 15 is 0 Å². The maximum Gasteiger partial charge on any atom is 0.225 e. The van der Waals surface area contributed by atoms with Crippen molar-refractivity contribution in [1.29, 1.82) is 0 Å². The molecule has 0 aliphatic heterocycles. The fourth-order valence-electron chi connectivity index (χ4n) is 1.70. The molecule has 0 saturated heterocycles. The molecule has 1 aromatic carbocycles. The van der Waals surface area contributed by atoms with Crippen molar-refractivity contribution >= 4 is 5.95 Å². The Hall–Kier alpha value is -2.18. The third-order valence-electron chi connectivity index (χ3n) is 2.58. The predicted octanol–water partition coefficient (Wildman–Crippen LogP) is 1.59. The summed E-state index contributed by atoms with van der Waals surface area (Å²) in [7, 11) is 1.81. The van der Waals surface area contributed by atoms with Crippen LogP contribution in [0.15, 0.2) is 36.4 Å². The van der Waals surface area contributed by atoms with Gasteiger partial charge < -0.3 is 10.2 Å². The van der Waals surface area contributed by atoms with Gasteiger partial charge in [0.25, 0.3) is 0 Å². The zero-order chi connectivity index (χ0) is 14.4. The molecule has 0 radical (unpaired) electrons. The Labute approximate surface area is 118 Å². The molecular formula is C14H19N5O. The number of benzene rings is 1. The third kappa shape index (κ3) is 4.18. The lowest BCUT2D eigenvalue weighted by molar-refractivity contribution is 0.153. The van der Waals surface area contributed by atoms with Crippen molar-refractivity contribution in [3.05, 3.63) is 47.8 Å². The highest BCUT2D eigenvalue weighted by Crippen LogP contribution is 2.07.